The molecular formula is C23H26N2O2. The SMILES string of the molecule is O=C(NCCCN1CCCC1)c1ccc2c(c1)C(=O)C2Cc1ccccc1. The number of likely N-dealkylation sites (tertiary alicyclic amines) is 1. The fourth-order valence-corrected chi connectivity index (χ4v) is 4.13. The molecule has 27 heavy (non-hydrogen) atoms. The normalized spacial score (nSPS) is 18.8. The summed E-state index contributed by atoms with van der Waals surface area (Å²) >= 11 is 0. The van der Waals surface area contributed by atoms with Gasteiger partial charge in [-0.15, -0.1) is 0 Å². The standard InChI is InChI=1S/C23H26N2O2/c26-22-20(15-17-7-2-1-3-8-17)19-10-9-18(16-21(19)22)23(27)24-11-6-14-25-12-4-5-13-25/h1-3,7-10,16,20H,4-6,11-15H2,(H,24,27). The van der Waals surface area contributed by atoms with Crippen molar-refractivity contribution in [1.82, 2.24) is 10.2 Å². The van der Waals surface area contributed by atoms with Crippen molar-refractivity contribution < 1.29 is 9.59 Å². The lowest BCUT2D eigenvalue weighted by Crippen LogP contribution is -2.31. The molecule has 0 spiro atoms. The van der Waals surface area contributed by atoms with Gasteiger partial charge in [0.1, 0.15) is 0 Å². The van der Waals surface area contributed by atoms with Crippen molar-refractivity contribution in [3.8, 4) is 0 Å². The molecule has 1 N–H and O–H groups in total. The number of fused-ring (bicyclic) bond motifs is 1. The van der Waals surface area contributed by atoms with E-state index in [-0.39, 0.29) is 17.6 Å². The number of Topliss-reactive ketones (excluding diaryl/α,β-unsaturated/α-hetero) is 1. The lowest BCUT2D eigenvalue weighted by Gasteiger charge is -2.29. The van der Waals surface area contributed by atoms with Gasteiger partial charge in [-0.1, -0.05) is 36.4 Å². The average Bonchev–Trinajstić information content (AvgIpc) is 3.23. The Morgan fingerprint density at radius 3 is 2.63 bits per heavy atom. The number of hydrogen-bond donors (Lipinski definition) is 1. The number of benzene rings is 2. The summed E-state index contributed by atoms with van der Waals surface area (Å²) in [5.74, 6) is -0.00367. The Morgan fingerprint density at radius 1 is 1.07 bits per heavy atom. The van der Waals surface area contributed by atoms with E-state index in [1.807, 2.05) is 30.3 Å². The topological polar surface area (TPSA) is 49.4 Å². The molecule has 0 aromatic heterocycles. The lowest BCUT2D eigenvalue weighted by atomic mass is 9.72. The van der Waals surface area contributed by atoms with E-state index in [1.165, 1.54) is 31.5 Å². The predicted octanol–water partition coefficient (Wildman–Crippen LogP) is 3.42. The van der Waals surface area contributed by atoms with Gasteiger partial charge in [0.25, 0.3) is 5.91 Å². The summed E-state index contributed by atoms with van der Waals surface area (Å²) in [5, 5.41) is 2.98. The van der Waals surface area contributed by atoms with Gasteiger partial charge in [-0.3, -0.25) is 9.59 Å². The largest absolute Gasteiger partial charge is 0.352 e. The van der Waals surface area contributed by atoms with E-state index in [0.29, 0.717) is 17.7 Å². The van der Waals surface area contributed by atoms with Crippen molar-refractivity contribution >= 4 is 11.7 Å². The highest BCUT2D eigenvalue weighted by atomic mass is 16.1. The number of ketones is 1. The number of rotatable bonds is 7. The van der Waals surface area contributed by atoms with Gasteiger partial charge >= 0.3 is 0 Å². The molecule has 4 rings (SSSR count). The van der Waals surface area contributed by atoms with Crippen LogP contribution < -0.4 is 5.32 Å². The zero-order chi connectivity index (χ0) is 18.6. The van der Waals surface area contributed by atoms with Gasteiger partial charge in [-0.05, 0) is 68.6 Å². The molecule has 2 aliphatic rings. The van der Waals surface area contributed by atoms with Gasteiger partial charge in [0.15, 0.2) is 5.78 Å². The van der Waals surface area contributed by atoms with E-state index in [2.05, 4.69) is 22.3 Å². The molecule has 2 aromatic rings. The molecule has 0 radical (unpaired) electrons. The molecule has 1 aliphatic heterocycles. The highest BCUT2D eigenvalue weighted by Crippen LogP contribution is 2.38. The molecule has 1 atom stereocenters. The molecule has 2 aromatic carbocycles. The van der Waals surface area contributed by atoms with Crippen LogP contribution in [-0.2, 0) is 6.42 Å². The number of carbonyl (C=O) groups is 2. The van der Waals surface area contributed by atoms with Crippen LogP contribution >= 0.6 is 0 Å². The van der Waals surface area contributed by atoms with Crippen molar-refractivity contribution in [2.45, 2.75) is 31.6 Å². The summed E-state index contributed by atoms with van der Waals surface area (Å²) in [5.41, 5.74) is 3.53. The number of hydrogen-bond acceptors (Lipinski definition) is 3. The summed E-state index contributed by atoms with van der Waals surface area (Å²) in [6.45, 7) is 4.09. The maximum absolute atomic E-state index is 12.5. The van der Waals surface area contributed by atoms with Crippen LogP contribution in [-0.4, -0.2) is 42.8 Å². The van der Waals surface area contributed by atoms with E-state index in [0.717, 1.165) is 24.9 Å². The van der Waals surface area contributed by atoms with Crippen molar-refractivity contribution in [2.24, 2.45) is 0 Å². The second kappa shape index (κ2) is 8.05. The first-order valence-corrected chi connectivity index (χ1v) is 9.95. The number of nitrogens with one attached hydrogen (secondary N) is 1. The molecule has 140 valence electrons. The molecule has 1 amide bonds. The molecule has 0 saturated carbocycles. The van der Waals surface area contributed by atoms with Crippen LogP contribution in [0, 0.1) is 0 Å². The lowest BCUT2D eigenvalue weighted by molar-refractivity contribution is 0.0926. The number of amides is 1. The highest BCUT2D eigenvalue weighted by Gasteiger charge is 2.36. The van der Waals surface area contributed by atoms with E-state index < -0.39 is 0 Å². The van der Waals surface area contributed by atoms with Crippen LogP contribution in [0.4, 0.5) is 0 Å². The van der Waals surface area contributed by atoms with Crippen LogP contribution in [0.15, 0.2) is 48.5 Å². The zero-order valence-corrected chi connectivity index (χ0v) is 15.6. The van der Waals surface area contributed by atoms with Crippen molar-refractivity contribution in [1.29, 1.82) is 0 Å². The van der Waals surface area contributed by atoms with Gasteiger partial charge in [0, 0.05) is 17.7 Å². The maximum Gasteiger partial charge on any atom is 0.251 e. The monoisotopic (exact) mass is 362 g/mol. The molecular weight excluding hydrogens is 336 g/mol. The predicted molar refractivity (Wildman–Crippen MR) is 106 cm³/mol. The Labute approximate surface area is 160 Å². The summed E-state index contributed by atoms with van der Waals surface area (Å²) in [7, 11) is 0. The average molecular weight is 362 g/mol. The first kappa shape index (κ1) is 17.9. The first-order chi connectivity index (χ1) is 13.2. The molecule has 1 fully saturated rings. The summed E-state index contributed by atoms with van der Waals surface area (Å²) < 4.78 is 0. The fraction of sp³-hybridized carbons (Fsp3) is 0.391. The molecule has 1 unspecified atom stereocenters. The van der Waals surface area contributed by atoms with Crippen molar-refractivity contribution in [3.63, 3.8) is 0 Å². The van der Waals surface area contributed by atoms with Crippen molar-refractivity contribution in [3.05, 3.63) is 70.8 Å². The Hall–Kier alpha value is -2.46. The van der Waals surface area contributed by atoms with E-state index in [9.17, 15) is 9.59 Å². The van der Waals surface area contributed by atoms with Crippen LogP contribution in [0.3, 0.4) is 0 Å². The molecule has 1 aliphatic carbocycles. The van der Waals surface area contributed by atoms with Crippen LogP contribution in [0.1, 0.15) is 57.0 Å². The molecule has 4 nitrogen and oxygen atoms in total. The third-order valence-corrected chi connectivity index (χ3v) is 5.69. The Morgan fingerprint density at radius 2 is 1.85 bits per heavy atom. The Kier molecular flexibility index (Phi) is 5.35. The second-order valence-electron chi connectivity index (χ2n) is 7.57. The quantitative estimate of drug-likeness (QED) is 0.768. The Bertz CT molecular complexity index is 826. The molecule has 4 heteroatoms. The van der Waals surface area contributed by atoms with Crippen LogP contribution in [0.25, 0.3) is 0 Å². The molecule has 1 heterocycles. The Balaban J connectivity index is 1.31. The van der Waals surface area contributed by atoms with E-state index in [4.69, 9.17) is 0 Å². The molecule has 1 saturated heterocycles. The first-order valence-electron chi connectivity index (χ1n) is 9.95. The van der Waals surface area contributed by atoms with Gasteiger partial charge in [-0.25, -0.2) is 0 Å². The highest BCUT2D eigenvalue weighted by molar-refractivity contribution is 6.12. The van der Waals surface area contributed by atoms with Gasteiger partial charge in [0.05, 0.1) is 5.92 Å². The minimum absolute atomic E-state index is 0.0695. The summed E-state index contributed by atoms with van der Waals surface area (Å²) in [6, 6.07) is 15.6. The fourth-order valence-electron chi connectivity index (χ4n) is 4.13. The summed E-state index contributed by atoms with van der Waals surface area (Å²) in [6.07, 6.45) is 4.28. The second-order valence-corrected chi connectivity index (χ2v) is 7.57. The van der Waals surface area contributed by atoms with Gasteiger partial charge in [0.2, 0.25) is 0 Å². The summed E-state index contributed by atoms with van der Waals surface area (Å²) in [4.78, 5) is 27.3. The third kappa shape index (κ3) is 3.96. The number of nitrogens with zero attached hydrogens (tertiary/aromatic N) is 1. The molecule has 0 bridgehead atoms. The van der Waals surface area contributed by atoms with Crippen molar-refractivity contribution in [2.75, 3.05) is 26.2 Å². The van der Waals surface area contributed by atoms with Crippen LogP contribution in [0.2, 0.25) is 0 Å². The zero-order valence-electron chi connectivity index (χ0n) is 15.6. The van der Waals surface area contributed by atoms with Gasteiger partial charge < -0.3 is 10.2 Å². The third-order valence-electron chi connectivity index (χ3n) is 5.69. The van der Waals surface area contributed by atoms with E-state index in [1.54, 1.807) is 6.07 Å². The smallest absolute Gasteiger partial charge is 0.251 e. The van der Waals surface area contributed by atoms with Gasteiger partial charge in [-0.2, -0.15) is 0 Å². The van der Waals surface area contributed by atoms with E-state index >= 15 is 0 Å². The minimum Gasteiger partial charge on any atom is -0.352 e. The number of carbonyl (C=O) groups excluding carboxylic acids is 2. The maximum atomic E-state index is 12.5. The van der Waals surface area contributed by atoms with Crippen LogP contribution in [0.5, 0.6) is 0 Å². The minimum atomic E-state index is -0.0847.